The van der Waals surface area contributed by atoms with Gasteiger partial charge >= 0.3 is 10.1 Å². The summed E-state index contributed by atoms with van der Waals surface area (Å²) in [5, 5.41) is 0.904. The summed E-state index contributed by atoms with van der Waals surface area (Å²) in [7, 11) is -3.81. The second kappa shape index (κ2) is 4.68. The van der Waals surface area contributed by atoms with Crippen LogP contribution in [-0.2, 0) is 10.1 Å². The zero-order chi connectivity index (χ0) is 14.2. The molecule has 1 N–H and O–H groups in total. The van der Waals surface area contributed by atoms with Crippen LogP contribution in [0.1, 0.15) is 5.56 Å². The van der Waals surface area contributed by atoms with E-state index in [1.54, 1.807) is 18.2 Å². The number of aryl methyl sites for hydroxylation is 1. The van der Waals surface area contributed by atoms with Crippen LogP contribution in [0.4, 0.5) is 0 Å². The Bertz CT molecular complexity index is 815. The van der Waals surface area contributed by atoms with Crippen LogP contribution in [-0.4, -0.2) is 13.4 Å². The molecule has 0 atom stereocenters. The Labute approximate surface area is 117 Å². The Kier molecular flexibility index (Phi) is 2.99. The molecule has 2 aromatic carbocycles. The topological polar surface area (TPSA) is 59.2 Å². The van der Waals surface area contributed by atoms with Gasteiger partial charge in [-0.25, -0.2) is 0 Å². The smallest absolute Gasteiger partial charge is 0.340 e. The van der Waals surface area contributed by atoms with E-state index in [-0.39, 0.29) is 10.8 Å². The molecule has 0 spiro atoms. The quantitative estimate of drug-likeness (QED) is 0.752. The van der Waals surface area contributed by atoms with Crippen molar-refractivity contribution in [2.24, 2.45) is 0 Å². The maximum absolute atomic E-state index is 12.1. The van der Waals surface area contributed by atoms with E-state index in [0.29, 0.717) is 0 Å². The summed E-state index contributed by atoms with van der Waals surface area (Å²) in [4.78, 5) is 3.07. The zero-order valence-corrected chi connectivity index (χ0v) is 11.6. The maximum atomic E-state index is 12.1. The molecule has 4 nitrogen and oxygen atoms in total. The molecular weight excluding hydrogens is 274 g/mol. The first kappa shape index (κ1) is 12.7. The lowest BCUT2D eigenvalue weighted by molar-refractivity contribution is 0.478. The minimum Gasteiger partial charge on any atom is -0.360 e. The van der Waals surface area contributed by atoms with Crippen LogP contribution >= 0.6 is 0 Å². The number of fused-ring (bicyclic) bond motifs is 1. The van der Waals surface area contributed by atoms with Gasteiger partial charge in [0.15, 0.2) is 0 Å². The van der Waals surface area contributed by atoms with Gasteiger partial charge in [-0.15, -0.1) is 0 Å². The summed E-state index contributed by atoms with van der Waals surface area (Å²) in [6.07, 6.45) is 0. The lowest BCUT2D eigenvalue weighted by Crippen LogP contribution is -2.09. The number of benzene rings is 2. The summed E-state index contributed by atoms with van der Waals surface area (Å²) in [6.45, 7) is 1.90. The molecule has 0 saturated carbocycles. The van der Waals surface area contributed by atoms with Gasteiger partial charge < -0.3 is 9.17 Å². The van der Waals surface area contributed by atoms with Crippen molar-refractivity contribution in [2.75, 3.05) is 0 Å². The molecule has 20 heavy (non-hydrogen) atoms. The van der Waals surface area contributed by atoms with E-state index in [9.17, 15) is 8.42 Å². The Morgan fingerprint density at radius 3 is 2.40 bits per heavy atom. The van der Waals surface area contributed by atoms with Crippen molar-refractivity contribution < 1.29 is 12.6 Å². The van der Waals surface area contributed by atoms with E-state index in [2.05, 4.69) is 4.98 Å². The number of aromatic nitrogens is 1. The SMILES string of the molecule is Cc1ccc(S(=O)(=O)Oc2cc3ccccc3[nH]2)cc1. The standard InChI is InChI=1S/C15H13NO3S/c1-11-6-8-13(9-7-11)20(17,18)19-15-10-12-4-2-3-5-14(12)16-15/h2-10,16H,1H3. The number of aromatic amines is 1. The predicted molar refractivity (Wildman–Crippen MR) is 77.3 cm³/mol. The zero-order valence-electron chi connectivity index (χ0n) is 10.8. The van der Waals surface area contributed by atoms with Crippen LogP contribution in [0, 0.1) is 6.92 Å². The van der Waals surface area contributed by atoms with Crippen molar-refractivity contribution in [3.8, 4) is 5.88 Å². The van der Waals surface area contributed by atoms with E-state index in [1.807, 2.05) is 31.2 Å². The molecule has 1 aromatic heterocycles. The Morgan fingerprint density at radius 2 is 1.70 bits per heavy atom. The molecule has 0 bridgehead atoms. The van der Waals surface area contributed by atoms with E-state index in [1.165, 1.54) is 12.1 Å². The molecule has 1 heterocycles. The molecule has 0 amide bonds. The van der Waals surface area contributed by atoms with Gasteiger partial charge in [-0.05, 0) is 25.1 Å². The van der Waals surface area contributed by atoms with E-state index in [4.69, 9.17) is 4.18 Å². The average Bonchev–Trinajstić information content (AvgIpc) is 2.80. The van der Waals surface area contributed by atoms with Crippen LogP contribution in [0.2, 0.25) is 0 Å². The number of hydrogen-bond acceptors (Lipinski definition) is 3. The second-order valence-electron chi connectivity index (χ2n) is 4.57. The fraction of sp³-hybridized carbons (Fsp3) is 0.0667. The van der Waals surface area contributed by atoms with Crippen molar-refractivity contribution in [2.45, 2.75) is 11.8 Å². The predicted octanol–water partition coefficient (Wildman–Crippen LogP) is 3.24. The van der Waals surface area contributed by atoms with Gasteiger partial charge in [0.25, 0.3) is 0 Å². The maximum Gasteiger partial charge on any atom is 0.340 e. The van der Waals surface area contributed by atoms with Crippen LogP contribution < -0.4 is 4.18 Å². The third kappa shape index (κ3) is 2.40. The first-order chi connectivity index (χ1) is 9.54. The van der Waals surface area contributed by atoms with Gasteiger partial charge in [-0.3, -0.25) is 0 Å². The van der Waals surface area contributed by atoms with E-state index < -0.39 is 10.1 Å². The highest BCUT2D eigenvalue weighted by atomic mass is 32.2. The molecule has 5 heteroatoms. The summed E-state index contributed by atoms with van der Waals surface area (Å²) in [5.74, 6) is 0.215. The minimum atomic E-state index is -3.81. The number of nitrogens with one attached hydrogen (secondary N) is 1. The first-order valence-electron chi connectivity index (χ1n) is 6.13. The van der Waals surface area contributed by atoms with Crippen molar-refractivity contribution in [1.82, 2.24) is 4.98 Å². The van der Waals surface area contributed by atoms with Crippen LogP contribution in [0.5, 0.6) is 5.88 Å². The van der Waals surface area contributed by atoms with E-state index in [0.717, 1.165) is 16.5 Å². The van der Waals surface area contributed by atoms with Gasteiger partial charge in [0, 0.05) is 17.0 Å². The summed E-state index contributed by atoms with van der Waals surface area (Å²) < 4.78 is 29.4. The van der Waals surface area contributed by atoms with Gasteiger partial charge in [-0.2, -0.15) is 8.42 Å². The third-order valence-corrected chi connectivity index (χ3v) is 4.26. The number of H-pyrrole nitrogens is 1. The molecule has 0 aliphatic rings. The lowest BCUT2D eigenvalue weighted by Gasteiger charge is -2.04. The Balaban J connectivity index is 1.94. The van der Waals surface area contributed by atoms with Gasteiger partial charge in [0.1, 0.15) is 4.90 Å². The van der Waals surface area contributed by atoms with Gasteiger partial charge in [0.05, 0.1) is 0 Å². The first-order valence-corrected chi connectivity index (χ1v) is 7.54. The van der Waals surface area contributed by atoms with Crippen LogP contribution in [0.15, 0.2) is 59.5 Å². The third-order valence-electron chi connectivity index (χ3n) is 3.01. The van der Waals surface area contributed by atoms with E-state index >= 15 is 0 Å². The molecule has 102 valence electrons. The van der Waals surface area contributed by atoms with Gasteiger partial charge in [0.2, 0.25) is 5.88 Å². The monoisotopic (exact) mass is 287 g/mol. The average molecular weight is 287 g/mol. The molecule has 3 aromatic rings. The van der Waals surface area contributed by atoms with Crippen molar-refractivity contribution in [3.63, 3.8) is 0 Å². The second-order valence-corrected chi connectivity index (χ2v) is 6.12. The summed E-state index contributed by atoms with van der Waals surface area (Å²) >= 11 is 0. The Morgan fingerprint density at radius 1 is 1.00 bits per heavy atom. The highest BCUT2D eigenvalue weighted by molar-refractivity contribution is 7.87. The highest BCUT2D eigenvalue weighted by Gasteiger charge is 2.17. The molecule has 0 aliphatic carbocycles. The molecule has 0 aliphatic heterocycles. The fourth-order valence-corrected chi connectivity index (χ4v) is 2.85. The lowest BCUT2D eigenvalue weighted by atomic mass is 10.2. The van der Waals surface area contributed by atoms with Crippen molar-refractivity contribution >= 4 is 21.0 Å². The van der Waals surface area contributed by atoms with Crippen molar-refractivity contribution in [3.05, 3.63) is 60.2 Å². The summed E-state index contributed by atoms with van der Waals surface area (Å²) in [6, 6.07) is 15.7. The number of rotatable bonds is 3. The normalized spacial score (nSPS) is 11.7. The minimum absolute atomic E-state index is 0.141. The van der Waals surface area contributed by atoms with Crippen LogP contribution in [0.25, 0.3) is 10.9 Å². The molecule has 0 unspecified atom stereocenters. The molecule has 3 rings (SSSR count). The molecule has 0 radical (unpaired) electrons. The fourth-order valence-electron chi connectivity index (χ4n) is 1.96. The number of para-hydroxylation sites is 1. The molecular formula is C15H13NO3S. The van der Waals surface area contributed by atoms with Crippen molar-refractivity contribution in [1.29, 1.82) is 0 Å². The Hall–Kier alpha value is -2.27. The van der Waals surface area contributed by atoms with Crippen LogP contribution in [0.3, 0.4) is 0 Å². The highest BCUT2D eigenvalue weighted by Crippen LogP contribution is 2.23. The molecule has 0 saturated heterocycles. The number of hydrogen-bond donors (Lipinski definition) is 1. The molecule has 0 fully saturated rings. The largest absolute Gasteiger partial charge is 0.360 e. The summed E-state index contributed by atoms with van der Waals surface area (Å²) in [5.41, 5.74) is 1.83. The van der Waals surface area contributed by atoms with Gasteiger partial charge in [-0.1, -0.05) is 35.9 Å².